The van der Waals surface area contributed by atoms with Crippen molar-refractivity contribution in [2.45, 2.75) is 26.3 Å². The summed E-state index contributed by atoms with van der Waals surface area (Å²) in [5.41, 5.74) is 0.966. The van der Waals surface area contributed by atoms with Gasteiger partial charge in [0, 0.05) is 11.6 Å². The number of hydrogen-bond donors (Lipinski definition) is 2. The standard InChI is InChI=1S/C25H27NO8/c1-5-14(2)23(25(29)30)26-22(27)13-33-17-6-8-18-20(12-17)34-21(24(18)28)11-15-10-16(31-3)7-9-19(15)32-4/h6-12,14,23H,5,13H2,1-4H3,(H,26,27)(H,29,30)/t14-,23-/m0/s1. The highest BCUT2D eigenvalue weighted by Crippen LogP contribution is 2.36. The third kappa shape index (κ3) is 5.48. The normalized spacial score (nSPS) is 15.2. The molecule has 2 aromatic rings. The summed E-state index contributed by atoms with van der Waals surface area (Å²) in [6.07, 6.45) is 2.17. The number of ether oxygens (including phenoxy) is 4. The van der Waals surface area contributed by atoms with E-state index in [1.807, 2.05) is 6.92 Å². The molecule has 9 nitrogen and oxygen atoms in total. The number of ketones is 1. The minimum atomic E-state index is -1.10. The Bertz CT molecular complexity index is 1120. The van der Waals surface area contributed by atoms with E-state index < -0.39 is 17.9 Å². The number of hydrogen-bond acceptors (Lipinski definition) is 7. The van der Waals surface area contributed by atoms with Crippen LogP contribution in [0.5, 0.6) is 23.0 Å². The predicted molar refractivity (Wildman–Crippen MR) is 123 cm³/mol. The van der Waals surface area contributed by atoms with Gasteiger partial charge in [0.05, 0.1) is 19.8 Å². The van der Waals surface area contributed by atoms with Crippen LogP contribution in [0.4, 0.5) is 0 Å². The van der Waals surface area contributed by atoms with Crippen molar-refractivity contribution in [3.63, 3.8) is 0 Å². The second-order valence-electron chi connectivity index (χ2n) is 7.76. The molecular weight excluding hydrogens is 442 g/mol. The summed E-state index contributed by atoms with van der Waals surface area (Å²) in [6.45, 7) is 3.22. The number of methoxy groups -OCH3 is 2. The highest BCUT2D eigenvalue weighted by molar-refractivity contribution is 6.14. The maximum absolute atomic E-state index is 12.8. The van der Waals surface area contributed by atoms with Crippen molar-refractivity contribution in [2.24, 2.45) is 5.92 Å². The Morgan fingerprint density at radius 2 is 1.85 bits per heavy atom. The number of carboxylic acid groups (broad SMARTS) is 1. The highest BCUT2D eigenvalue weighted by atomic mass is 16.5. The average molecular weight is 469 g/mol. The fourth-order valence-corrected chi connectivity index (χ4v) is 3.40. The van der Waals surface area contributed by atoms with Crippen LogP contribution in [0.2, 0.25) is 0 Å². The molecule has 0 radical (unpaired) electrons. The van der Waals surface area contributed by atoms with Crippen molar-refractivity contribution < 1.29 is 38.4 Å². The number of Topliss-reactive ketones (excluding diaryl/α,β-unsaturated/α-hetero) is 1. The lowest BCUT2D eigenvalue weighted by atomic mass is 9.99. The Morgan fingerprint density at radius 3 is 2.50 bits per heavy atom. The molecule has 1 aliphatic rings. The number of fused-ring (bicyclic) bond motifs is 1. The number of benzene rings is 2. The molecule has 0 bridgehead atoms. The van der Waals surface area contributed by atoms with Crippen molar-refractivity contribution in [3.05, 3.63) is 53.3 Å². The Morgan fingerprint density at radius 1 is 1.12 bits per heavy atom. The number of nitrogens with one attached hydrogen (secondary N) is 1. The summed E-state index contributed by atoms with van der Waals surface area (Å²) in [4.78, 5) is 36.4. The first-order valence-electron chi connectivity index (χ1n) is 10.7. The molecule has 0 saturated carbocycles. The lowest BCUT2D eigenvalue weighted by molar-refractivity contribution is -0.143. The first-order chi connectivity index (χ1) is 16.3. The summed E-state index contributed by atoms with van der Waals surface area (Å²) in [5.74, 6) is -0.340. The van der Waals surface area contributed by atoms with Gasteiger partial charge >= 0.3 is 5.97 Å². The molecule has 180 valence electrons. The van der Waals surface area contributed by atoms with Crippen LogP contribution in [0.15, 0.2) is 42.2 Å². The van der Waals surface area contributed by atoms with Gasteiger partial charge in [-0.15, -0.1) is 0 Å². The van der Waals surface area contributed by atoms with E-state index in [1.165, 1.54) is 13.2 Å². The fraction of sp³-hybridized carbons (Fsp3) is 0.320. The zero-order chi connectivity index (χ0) is 24.8. The number of carboxylic acids is 1. The number of aliphatic carboxylic acids is 1. The summed E-state index contributed by atoms with van der Waals surface area (Å²) >= 11 is 0. The van der Waals surface area contributed by atoms with E-state index in [4.69, 9.17) is 18.9 Å². The van der Waals surface area contributed by atoms with Gasteiger partial charge in [0.1, 0.15) is 29.0 Å². The minimum absolute atomic E-state index is 0.106. The van der Waals surface area contributed by atoms with Crippen LogP contribution in [0.3, 0.4) is 0 Å². The Labute approximate surface area is 197 Å². The average Bonchev–Trinajstić information content (AvgIpc) is 3.14. The van der Waals surface area contributed by atoms with Gasteiger partial charge in [-0.2, -0.15) is 0 Å². The smallest absolute Gasteiger partial charge is 0.326 e. The monoisotopic (exact) mass is 469 g/mol. The molecule has 0 saturated heterocycles. The van der Waals surface area contributed by atoms with E-state index >= 15 is 0 Å². The van der Waals surface area contributed by atoms with Gasteiger partial charge in [0.15, 0.2) is 12.4 Å². The maximum Gasteiger partial charge on any atom is 0.326 e. The molecule has 0 aromatic heterocycles. The summed E-state index contributed by atoms with van der Waals surface area (Å²) in [6, 6.07) is 8.80. The first-order valence-corrected chi connectivity index (χ1v) is 10.7. The molecule has 34 heavy (non-hydrogen) atoms. The number of amides is 1. The predicted octanol–water partition coefficient (Wildman–Crippen LogP) is 3.31. The number of carbonyl (C=O) groups excluding carboxylic acids is 2. The molecule has 9 heteroatoms. The van der Waals surface area contributed by atoms with Crippen LogP contribution < -0.4 is 24.3 Å². The highest BCUT2D eigenvalue weighted by Gasteiger charge is 2.29. The number of carbonyl (C=O) groups is 3. The van der Waals surface area contributed by atoms with Crippen LogP contribution in [-0.4, -0.2) is 49.6 Å². The van der Waals surface area contributed by atoms with E-state index in [-0.39, 0.29) is 24.1 Å². The summed E-state index contributed by atoms with van der Waals surface area (Å²) < 4.78 is 21.8. The Balaban J connectivity index is 1.71. The molecule has 0 spiro atoms. The Hall–Kier alpha value is -4.01. The zero-order valence-corrected chi connectivity index (χ0v) is 19.4. The number of rotatable bonds is 10. The van der Waals surface area contributed by atoms with Crippen molar-refractivity contribution in [1.82, 2.24) is 5.32 Å². The van der Waals surface area contributed by atoms with Gasteiger partial charge in [0.25, 0.3) is 5.91 Å². The fourth-order valence-electron chi connectivity index (χ4n) is 3.40. The molecule has 0 fully saturated rings. The molecule has 3 rings (SSSR count). The lowest BCUT2D eigenvalue weighted by Crippen LogP contribution is -2.46. The Kier molecular flexibility index (Phi) is 7.78. The third-order valence-corrected chi connectivity index (χ3v) is 5.53. The van der Waals surface area contributed by atoms with Crippen molar-refractivity contribution in [3.8, 4) is 23.0 Å². The topological polar surface area (TPSA) is 120 Å². The van der Waals surface area contributed by atoms with Crippen molar-refractivity contribution in [1.29, 1.82) is 0 Å². The molecule has 1 heterocycles. The third-order valence-electron chi connectivity index (χ3n) is 5.53. The molecule has 2 atom stereocenters. The lowest BCUT2D eigenvalue weighted by Gasteiger charge is -2.20. The zero-order valence-electron chi connectivity index (χ0n) is 19.4. The second kappa shape index (κ2) is 10.7. The van der Waals surface area contributed by atoms with Crippen LogP contribution >= 0.6 is 0 Å². The molecule has 1 aliphatic heterocycles. The summed E-state index contributed by atoms with van der Waals surface area (Å²) in [5, 5.41) is 11.8. The molecular formula is C25H27NO8. The summed E-state index contributed by atoms with van der Waals surface area (Å²) in [7, 11) is 3.07. The molecule has 2 aromatic carbocycles. The van der Waals surface area contributed by atoms with Crippen LogP contribution in [-0.2, 0) is 9.59 Å². The van der Waals surface area contributed by atoms with Crippen molar-refractivity contribution in [2.75, 3.05) is 20.8 Å². The minimum Gasteiger partial charge on any atom is -0.497 e. The first kappa shape index (κ1) is 24.6. The SMILES string of the molecule is CC[C@H](C)[C@H](NC(=O)COc1ccc2c(c1)OC(=Cc1cc(OC)ccc1OC)C2=O)C(=O)O. The van der Waals surface area contributed by atoms with E-state index in [0.717, 1.165) is 0 Å². The van der Waals surface area contributed by atoms with E-state index in [0.29, 0.717) is 40.5 Å². The molecule has 1 amide bonds. The van der Waals surface area contributed by atoms with Gasteiger partial charge < -0.3 is 29.4 Å². The van der Waals surface area contributed by atoms with E-state index in [2.05, 4.69) is 5.32 Å². The molecule has 0 unspecified atom stereocenters. The van der Waals surface area contributed by atoms with E-state index in [1.54, 1.807) is 50.4 Å². The van der Waals surface area contributed by atoms with Crippen LogP contribution in [0.1, 0.15) is 36.2 Å². The maximum atomic E-state index is 12.8. The number of allylic oxidation sites excluding steroid dienone is 1. The van der Waals surface area contributed by atoms with Gasteiger partial charge in [-0.05, 0) is 42.3 Å². The van der Waals surface area contributed by atoms with Gasteiger partial charge in [-0.25, -0.2) is 4.79 Å². The molecule has 0 aliphatic carbocycles. The van der Waals surface area contributed by atoms with Crippen LogP contribution in [0.25, 0.3) is 6.08 Å². The second-order valence-corrected chi connectivity index (χ2v) is 7.76. The van der Waals surface area contributed by atoms with Gasteiger partial charge in [0.2, 0.25) is 5.78 Å². The van der Waals surface area contributed by atoms with Gasteiger partial charge in [-0.3, -0.25) is 9.59 Å². The molecule has 2 N–H and O–H groups in total. The quantitative estimate of drug-likeness (QED) is 0.509. The van der Waals surface area contributed by atoms with Crippen molar-refractivity contribution >= 4 is 23.7 Å². The van der Waals surface area contributed by atoms with E-state index in [9.17, 15) is 19.5 Å². The largest absolute Gasteiger partial charge is 0.497 e. The van der Waals surface area contributed by atoms with Crippen LogP contribution in [0, 0.1) is 5.92 Å². The van der Waals surface area contributed by atoms with Gasteiger partial charge in [-0.1, -0.05) is 20.3 Å².